The van der Waals surface area contributed by atoms with Crippen molar-refractivity contribution in [2.75, 3.05) is 0 Å². The van der Waals surface area contributed by atoms with Crippen LogP contribution in [0.2, 0.25) is 0 Å². The second-order valence-corrected chi connectivity index (χ2v) is 1.46. The maximum Gasteiger partial charge on any atom is 0.293 e. The highest BCUT2D eigenvalue weighted by Crippen LogP contribution is 1.87. The zero-order valence-corrected chi connectivity index (χ0v) is 5.13. The van der Waals surface area contributed by atoms with E-state index < -0.39 is 0 Å². The molecule has 0 aliphatic rings. The first-order valence-electron chi connectivity index (χ1n) is 2.53. The summed E-state index contributed by atoms with van der Waals surface area (Å²) in [6.45, 7) is 4.13. The molecule has 0 unspecified atom stereocenters. The lowest BCUT2D eigenvalue weighted by atomic mass is 10.4. The highest BCUT2D eigenvalue weighted by molar-refractivity contribution is 5.37. The minimum absolute atomic E-state index is 0.0856. The van der Waals surface area contributed by atoms with E-state index in [1.54, 1.807) is 13.0 Å². The van der Waals surface area contributed by atoms with Crippen LogP contribution in [0.4, 0.5) is 0 Å². The largest absolute Gasteiger partial charge is 0.461 e. The maximum absolute atomic E-state index is 9.63. The Bertz CT molecular complexity index is 86.5. The van der Waals surface area contributed by atoms with E-state index >= 15 is 0 Å². The number of rotatable bonds is 3. The lowest BCUT2D eigenvalue weighted by Gasteiger charge is -1.99. The van der Waals surface area contributed by atoms with E-state index in [1.807, 2.05) is 13.0 Å². The van der Waals surface area contributed by atoms with E-state index in [1.165, 1.54) is 0 Å². The number of hydrogen-bond donors (Lipinski definition) is 0. The summed E-state index contributed by atoms with van der Waals surface area (Å²) in [6, 6.07) is 0. The summed E-state index contributed by atoms with van der Waals surface area (Å²) in [5.41, 5.74) is 0. The van der Waals surface area contributed by atoms with Crippen molar-refractivity contribution in [3.8, 4) is 0 Å². The fourth-order valence-corrected chi connectivity index (χ4v) is 0.404. The number of carbonyl (C=O) groups excluding carboxylic acids is 1. The van der Waals surface area contributed by atoms with E-state index in [2.05, 4.69) is 4.74 Å². The van der Waals surface area contributed by atoms with E-state index in [0.29, 0.717) is 6.47 Å². The monoisotopic (exact) mass is 114 g/mol. The third kappa shape index (κ3) is 3.40. The van der Waals surface area contributed by atoms with Gasteiger partial charge in [0, 0.05) is 0 Å². The van der Waals surface area contributed by atoms with Gasteiger partial charge in [-0.15, -0.1) is 0 Å². The number of ether oxygens (including phenoxy) is 1. The molecule has 8 heavy (non-hydrogen) atoms. The Morgan fingerprint density at radius 2 is 2.25 bits per heavy atom. The third-order valence-corrected chi connectivity index (χ3v) is 0.734. The molecule has 0 N–H and O–H groups in total. The van der Waals surface area contributed by atoms with Crippen LogP contribution in [-0.2, 0) is 9.53 Å². The molecule has 0 aromatic carbocycles. The molecule has 0 spiro atoms. The molecular formula is C6H10O2. The first-order chi connectivity index (χ1) is 3.81. The highest BCUT2D eigenvalue weighted by Gasteiger charge is 1.89. The van der Waals surface area contributed by atoms with Crippen LogP contribution < -0.4 is 0 Å². The average molecular weight is 114 g/mol. The first-order valence-corrected chi connectivity index (χ1v) is 2.53. The van der Waals surface area contributed by atoms with Crippen LogP contribution in [0.3, 0.4) is 0 Å². The Hall–Kier alpha value is -0.790. The van der Waals surface area contributed by atoms with Gasteiger partial charge in [0.15, 0.2) is 0 Å². The maximum atomic E-state index is 9.63. The highest BCUT2D eigenvalue weighted by atomic mass is 16.5. The second kappa shape index (κ2) is 4.37. The predicted octanol–water partition coefficient (Wildman–Crippen LogP) is 1.12. The molecule has 0 saturated heterocycles. The second-order valence-electron chi connectivity index (χ2n) is 1.46. The predicted molar refractivity (Wildman–Crippen MR) is 31.4 cm³/mol. The van der Waals surface area contributed by atoms with Gasteiger partial charge in [-0.05, 0) is 19.9 Å². The molecule has 0 bridgehead atoms. The van der Waals surface area contributed by atoms with Crippen LogP contribution in [-0.4, -0.2) is 12.6 Å². The molecule has 0 saturated carbocycles. The molecule has 0 fully saturated rings. The van der Waals surface area contributed by atoms with Crippen molar-refractivity contribution in [2.45, 2.75) is 20.0 Å². The molecule has 0 aliphatic heterocycles. The van der Waals surface area contributed by atoms with Crippen LogP contribution >= 0.6 is 0 Å². The standard InChI is InChI=1S/C6H10O2/c1-3-4-6(2)8-5-7/h3-6H,1-2H3/b4-3+/t6-/m1/s1. The zero-order valence-electron chi connectivity index (χ0n) is 5.13. The summed E-state index contributed by atoms with van der Waals surface area (Å²) in [5.74, 6) is 0. The summed E-state index contributed by atoms with van der Waals surface area (Å²) in [7, 11) is 0. The summed E-state index contributed by atoms with van der Waals surface area (Å²) in [6.07, 6.45) is 3.56. The van der Waals surface area contributed by atoms with Gasteiger partial charge < -0.3 is 4.74 Å². The Labute approximate surface area is 49.1 Å². The van der Waals surface area contributed by atoms with Crippen LogP contribution in [0.1, 0.15) is 13.8 Å². The van der Waals surface area contributed by atoms with Gasteiger partial charge in [-0.2, -0.15) is 0 Å². The number of allylic oxidation sites excluding steroid dienone is 1. The van der Waals surface area contributed by atoms with Gasteiger partial charge in [-0.1, -0.05) is 6.08 Å². The molecule has 2 nitrogen and oxygen atoms in total. The van der Waals surface area contributed by atoms with Gasteiger partial charge in [0.25, 0.3) is 6.47 Å². The third-order valence-electron chi connectivity index (χ3n) is 0.734. The SMILES string of the molecule is C/C=C/[C@@H](C)OC=O. The van der Waals surface area contributed by atoms with Crippen LogP contribution in [0.15, 0.2) is 12.2 Å². The molecule has 1 atom stereocenters. The number of hydrogen-bond acceptors (Lipinski definition) is 2. The lowest BCUT2D eigenvalue weighted by Crippen LogP contribution is -2.00. The van der Waals surface area contributed by atoms with Crippen molar-refractivity contribution in [1.29, 1.82) is 0 Å². The summed E-state index contributed by atoms with van der Waals surface area (Å²) < 4.78 is 4.51. The van der Waals surface area contributed by atoms with E-state index in [0.717, 1.165) is 0 Å². The van der Waals surface area contributed by atoms with Gasteiger partial charge in [-0.3, -0.25) is 4.79 Å². The minimum Gasteiger partial charge on any atom is -0.461 e. The Balaban J connectivity index is 3.31. The van der Waals surface area contributed by atoms with Crippen molar-refractivity contribution in [3.63, 3.8) is 0 Å². The van der Waals surface area contributed by atoms with Crippen molar-refractivity contribution >= 4 is 6.47 Å². The quantitative estimate of drug-likeness (QED) is 0.406. The van der Waals surface area contributed by atoms with E-state index in [-0.39, 0.29) is 6.10 Å². The minimum atomic E-state index is -0.0856. The van der Waals surface area contributed by atoms with Gasteiger partial charge >= 0.3 is 0 Å². The van der Waals surface area contributed by atoms with E-state index in [9.17, 15) is 4.79 Å². The fourth-order valence-electron chi connectivity index (χ4n) is 0.404. The van der Waals surface area contributed by atoms with Crippen molar-refractivity contribution in [3.05, 3.63) is 12.2 Å². The molecule has 46 valence electrons. The fraction of sp³-hybridized carbons (Fsp3) is 0.500. The first kappa shape index (κ1) is 7.21. The molecule has 2 heteroatoms. The molecule has 0 aromatic rings. The topological polar surface area (TPSA) is 26.3 Å². The lowest BCUT2D eigenvalue weighted by molar-refractivity contribution is -0.130. The van der Waals surface area contributed by atoms with Crippen LogP contribution in [0.5, 0.6) is 0 Å². The average Bonchev–Trinajstić information content (AvgIpc) is 1.68. The van der Waals surface area contributed by atoms with Gasteiger partial charge in [0.1, 0.15) is 6.10 Å². The molecule has 0 rings (SSSR count). The van der Waals surface area contributed by atoms with Crippen molar-refractivity contribution < 1.29 is 9.53 Å². The van der Waals surface area contributed by atoms with Gasteiger partial charge in [0.2, 0.25) is 0 Å². The van der Waals surface area contributed by atoms with E-state index in [4.69, 9.17) is 0 Å². The van der Waals surface area contributed by atoms with Crippen LogP contribution in [0, 0.1) is 0 Å². The normalized spacial score (nSPS) is 13.8. The van der Waals surface area contributed by atoms with Gasteiger partial charge in [-0.25, -0.2) is 0 Å². The molecular weight excluding hydrogens is 104 g/mol. The molecule has 0 heterocycles. The van der Waals surface area contributed by atoms with Crippen LogP contribution in [0.25, 0.3) is 0 Å². The molecule has 0 aliphatic carbocycles. The molecule has 0 radical (unpaired) electrons. The molecule has 0 amide bonds. The summed E-state index contributed by atoms with van der Waals surface area (Å²) in [5, 5.41) is 0. The smallest absolute Gasteiger partial charge is 0.293 e. The Morgan fingerprint density at radius 3 is 2.62 bits per heavy atom. The number of carbonyl (C=O) groups is 1. The zero-order chi connectivity index (χ0) is 6.41. The Kier molecular flexibility index (Phi) is 3.94. The van der Waals surface area contributed by atoms with Gasteiger partial charge in [0.05, 0.1) is 0 Å². The molecule has 0 aromatic heterocycles. The van der Waals surface area contributed by atoms with Crippen molar-refractivity contribution in [1.82, 2.24) is 0 Å². The van der Waals surface area contributed by atoms with Crippen molar-refractivity contribution in [2.24, 2.45) is 0 Å². The summed E-state index contributed by atoms with van der Waals surface area (Å²) >= 11 is 0. The Morgan fingerprint density at radius 1 is 1.62 bits per heavy atom. The summed E-state index contributed by atoms with van der Waals surface area (Å²) in [4.78, 5) is 9.63.